The summed E-state index contributed by atoms with van der Waals surface area (Å²) in [5.41, 5.74) is 6.64. The quantitative estimate of drug-likeness (QED) is 0.352. The van der Waals surface area contributed by atoms with E-state index in [2.05, 4.69) is 0 Å². The number of nitrogens with zero attached hydrogens (tertiary/aromatic N) is 1. The number of hydrogen-bond acceptors (Lipinski definition) is 6. The molecule has 0 saturated heterocycles. The Bertz CT molecular complexity index is 506. The molecule has 1 heterocycles. The first-order valence-corrected chi connectivity index (χ1v) is 6.24. The van der Waals surface area contributed by atoms with Crippen molar-refractivity contribution in [3.63, 3.8) is 0 Å². The van der Waals surface area contributed by atoms with Crippen LogP contribution in [0, 0.1) is 0 Å². The van der Waals surface area contributed by atoms with Crippen molar-refractivity contribution in [1.82, 2.24) is 0 Å². The Morgan fingerprint density at radius 1 is 1.47 bits per heavy atom. The minimum Gasteiger partial charge on any atom is -0.747 e. The first kappa shape index (κ1) is 15.2. The van der Waals surface area contributed by atoms with Crippen molar-refractivity contribution in [2.45, 2.75) is 0 Å². The normalized spacial score (nSPS) is 14.5. The van der Waals surface area contributed by atoms with E-state index in [4.69, 9.17) is 10.5 Å². The molecule has 1 aliphatic rings. The van der Waals surface area contributed by atoms with Gasteiger partial charge in [-0.25, -0.2) is 8.42 Å². The average Bonchev–Trinajstić information content (AvgIpc) is 2.17. The fourth-order valence-corrected chi connectivity index (χ4v) is 2.26. The number of ether oxygens (including phenoxy) is 1. The third kappa shape index (κ3) is 4.09. The smallest absolute Gasteiger partial charge is 0.747 e. The summed E-state index contributed by atoms with van der Waals surface area (Å²) in [5, 5.41) is 0. The number of rotatable bonds is 2. The molecular formula is C9H11KN2O4S. The number of benzene rings is 1. The second-order valence-electron chi connectivity index (χ2n) is 3.53. The maximum atomic E-state index is 10.7. The van der Waals surface area contributed by atoms with Crippen molar-refractivity contribution in [3.05, 3.63) is 18.2 Å². The number of nitrogens with two attached hydrogens (primary N) is 1. The van der Waals surface area contributed by atoms with Gasteiger partial charge in [-0.3, -0.25) is 0 Å². The first-order chi connectivity index (χ1) is 7.46. The average molecular weight is 282 g/mol. The summed E-state index contributed by atoms with van der Waals surface area (Å²) in [7, 11) is -4.30. The molecule has 1 aliphatic heterocycles. The van der Waals surface area contributed by atoms with Crippen molar-refractivity contribution < 1.29 is 69.1 Å². The van der Waals surface area contributed by atoms with Gasteiger partial charge in [-0.15, -0.1) is 0 Å². The van der Waals surface area contributed by atoms with Crippen LogP contribution in [-0.4, -0.2) is 32.0 Å². The predicted octanol–water partition coefficient (Wildman–Crippen LogP) is -3.03. The molecule has 0 fully saturated rings. The Kier molecular flexibility index (Phi) is 5.26. The van der Waals surface area contributed by atoms with Gasteiger partial charge in [0, 0.05) is 5.69 Å². The molecule has 0 atom stereocenters. The molecule has 1 aromatic rings. The molecule has 1 aromatic carbocycles. The molecule has 6 nitrogen and oxygen atoms in total. The Morgan fingerprint density at radius 3 is 2.82 bits per heavy atom. The van der Waals surface area contributed by atoms with Gasteiger partial charge in [0.15, 0.2) is 0 Å². The van der Waals surface area contributed by atoms with Crippen molar-refractivity contribution >= 4 is 21.5 Å². The van der Waals surface area contributed by atoms with Crippen LogP contribution >= 0.6 is 0 Å². The van der Waals surface area contributed by atoms with Gasteiger partial charge in [-0.05, 0) is 18.2 Å². The molecule has 0 spiro atoms. The van der Waals surface area contributed by atoms with Gasteiger partial charge in [0.1, 0.15) is 28.4 Å². The number of hydrogen-bond donors (Lipinski definition) is 1. The summed E-state index contributed by atoms with van der Waals surface area (Å²) in [6, 6.07) is 4.92. The number of anilines is 2. The second-order valence-corrected chi connectivity index (χ2v) is 4.90. The van der Waals surface area contributed by atoms with Gasteiger partial charge in [0.25, 0.3) is 0 Å². The molecule has 0 saturated carbocycles. The van der Waals surface area contributed by atoms with Crippen LogP contribution in [0.5, 0.6) is 5.75 Å². The molecule has 0 amide bonds. The van der Waals surface area contributed by atoms with Gasteiger partial charge in [-0.2, -0.15) is 0 Å². The van der Waals surface area contributed by atoms with Crippen LogP contribution < -0.4 is 66.8 Å². The summed E-state index contributed by atoms with van der Waals surface area (Å²) in [6.45, 7) is 0.713. The standard InChI is InChI=1S/C9H12N2O4S.K/c10-7-1-2-9-8(5-7)11(3-4-15-9)6-16(12,13)14;/h1-2,5H,3-4,6,10H2,(H,12,13,14);/q;+1/p-1. The van der Waals surface area contributed by atoms with E-state index >= 15 is 0 Å². The zero-order valence-electron chi connectivity index (χ0n) is 9.42. The largest absolute Gasteiger partial charge is 1.00 e. The molecule has 0 radical (unpaired) electrons. The van der Waals surface area contributed by atoms with E-state index in [1.807, 2.05) is 0 Å². The topological polar surface area (TPSA) is 95.7 Å². The van der Waals surface area contributed by atoms with Crippen molar-refractivity contribution in [2.24, 2.45) is 0 Å². The number of fused-ring (bicyclic) bond motifs is 1. The predicted molar refractivity (Wildman–Crippen MR) is 58.3 cm³/mol. The Hall–Kier alpha value is 0.166. The van der Waals surface area contributed by atoms with Crippen LogP contribution in [-0.2, 0) is 10.1 Å². The summed E-state index contributed by atoms with van der Waals surface area (Å²) >= 11 is 0. The van der Waals surface area contributed by atoms with Gasteiger partial charge in [0.05, 0.1) is 12.2 Å². The third-order valence-corrected chi connectivity index (χ3v) is 2.88. The molecule has 0 aliphatic carbocycles. The molecule has 17 heavy (non-hydrogen) atoms. The molecule has 2 N–H and O–H groups in total. The van der Waals surface area contributed by atoms with Crippen LogP contribution in [0.15, 0.2) is 18.2 Å². The van der Waals surface area contributed by atoms with E-state index in [1.54, 1.807) is 18.2 Å². The zero-order chi connectivity index (χ0) is 11.8. The van der Waals surface area contributed by atoms with Crippen molar-refractivity contribution in [3.8, 4) is 5.75 Å². The van der Waals surface area contributed by atoms with Gasteiger partial charge in [-0.1, -0.05) is 0 Å². The maximum absolute atomic E-state index is 10.7. The SMILES string of the molecule is Nc1ccc2c(c1)N(CS(=O)(=O)[O-])CCO2.[K+]. The van der Waals surface area contributed by atoms with E-state index in [-0.39, 0.29) is 51.4 Å². The Balaban J connectivity index is 0.00000144. The molecular weight excluding hydrogens is 271 g/mol. The van der Waals surface area contributed by atoms with E-state index in [9.17, 15) is 13.0 Å². The van der Waals surface area contributed by atoms with Crippen LogP contribution in [0.25, 0.3) is 0 Å². The summed E-state index contributed by atoms with van der Waals surface area (Å²) in [6.07, 6.45) is 0. The first-order valence-electron chi connectivity index (χ1n) is 4.66. The molecule has 2 rings (SSSR count). The number of nitrogen functional groups attached to an aromatic ring is 1. The van der Waals surface area contributed by atoms with Gasteiger partial charge in [0.2, 0.25) is 0 Å². The van der Waals surface area contributed by atoms with Crippen LogP contribution in [0.1, 0.15) is 0 Å². The molecule has 0 bridgehead atoms. The summed E-state index contributed by atoms with van der Waals surface area (Å²) in [5.74, 6) is -0.0172. The van der Waals surface area contributed by atoms with Crippen molar-refractivity contribution in [1.29, 1.82) is 0 Å². The van der Waals surface area contributed by atoms with E-state index in [0.717, 1.165) is 0 Å². The maximum Gasteiger partial charge on any atom is 1.00 e. The monoisotopic (exact) mass is 282 g/mol. The molecule has 88 valence electrons. The second kappa shape index (κ2) is 5.87. The Morgan fingerprint density at radius 2 is 2.18 bits per heavy atom. The summed E-state index contributed by atoms with van der Waals surface area (Å²) < 4.78 is 37.5. The molecule has 0 unspecified atom stereocenters. The summed E-state index contributed by atoms with van der Waals surface area (Å²) in [4.78, 5) is 1.46. The minimum atomic E-state index is -4.30. The van der Waals surface area contributed by atoms with Gasteiger partial charge >= 0.3 is 51.4 Å². The van der Waals surface area contributed by atoms with Crippen LogP contribution in [0.4, 0.5) is 11.4 Å². The van der Waals surface area contributed by atoms with E-state index < -0.39 is 16.0 Å². The Labute approximate surface area is 142 Å². The van der Waals surface area contributed by atoms with Crippen LogP contribution in [0.2, 0.25) is 0 Å². The zero-order valence-corrected chi connectivity index (χ0v) is 13.4. The van der Waals surface area contributed by atoms with Crippen LogP contribution in [0.3, 0.4) is 0 Å². The molecule has 8 heteroatoms. The van der Waals surface area contributed by atoms with Crippen molar-refractivity contribution in [2.75, 3.05) is 29.7 Å². The fourth-order valence-electron chi connectivity index (χ4n) is 1.61. The van der Waals surface area contributed by atoms with E-state index in [0.29, 0.717) is 30.3 Å². The van der Waals surface area contributed by atoms with E-state index in [1.165, 1.54) is 4.90 Å². The minimum absolute atomic E-state index is 0. The third-order valence-electron chi connectivity index (χ3n) is 2.26. The van der Waals surface area contributed by atoms with Gasteiger partial charge < -0.3 is 19.9 Å². The fraction of sp³-hybridized carbons (Fsp3) is 0.333. The molecule has 0 aromatic heterocycles.